The van der Waals surface area contributed by atoms with Gasteiger partial charge in [0.15, 0.2) is 0 Å². The summed E-state index contributed by atoms with van der Waals surface area (Å²) in [6, 6.07) is 9.69. The number of hydrogen-bond acceptors (Lipinski definition) is 7. The molecule has 0 aliphatic rings. The predicted molar refractivity (Wildman–Crippen MR) is 123 cm³/mol. The van der Waals surface area contributed by atoms with Crippen molar-refractivity contribution in [2.24, 2.45) is 5.73 Å². The van der Waals surface area contributed by atoms with Crippen LogP contribution in [0, 0.1) is 11.2 Å². The third-order valence-electron chi connectivity index (χ3n) is 4.17. The number of carbonyl (C=O) groups is 2. The molecule has 0 saturated heterocycles. The van der Waals surface area contributed by atoms with E-state index in [-0.39, 0.29) is 19.0 Å². The minimum absolute atomic E-state index is 0.145. The normalized spacial score (nSPS) is 12.0. The van der Waals surface area contributed by atoms with Gasteiger partial charge in [-0.05, 0) is 36.2 Å². The van der Waals surface area contributed by atoms with Crippen LogP contribution >= 0.6 is 0 Å². The van der Waals surface area contributed by atoms with Crippen molar-refractivity contribution in [1.29, 1.82) is 5.41 Å². The molecule has 0 aliphatic carbocycles. The maximum Gasteiger partial charge on any atom is 0.490 e. The Kier molecular flexibility index (Phi) is 12.4. The van der Waals surface area contributed by atoms with Crippen LogP contribution in [0.5, 0.6) is 5.75 Å². The summed E-state index contributed by atoms with van der Waals surface area (Å²) in [5, 5.41) is 23.5. The highest BCUT2D eigenvalue weighted by molar-refractivity contribution is 7.89. The lowest BCUT2D eigenvalue weighted by atomic mass is 10.1. The van der Waals surface area contributed by atoms with Gasteiger partial charge in [-0.1, -0.05) is 24.3 Å². The Morgan fingerprint density at radius 3 is 2.13 bits per heavy atom. The monoisotopic (exact) mass is 568 g/mol. The zero-order valence-electron chi connectivity index (χ0n) is 19.4. The largest absolute Gasteiger partial charge is 0.494 e. The van der Waals surface area contributed by atoms with Crippen LogP contribution in [-0.2, 0) is 30.9 Å². The molecule has 12 nitrogen and oxygen atoms in total. The van der Waals surface area contributed by atoms with E-state index in [0.717, 1.165) is 12.1 Å². The molecule has 0 aliphatic heterocycles. The third kappa shape index (κ3) is 11.8. The zero-order chi connectivity index (χ0) is 28.9. The average molecular weight is 569 g/mol. The Bertz CT molecular complexity index is 1190. The summed E-state index contributed by atoms with van der Waals surface area (Å²) < 4.78 is 77.8. The van der Waals surface area contributed by atoms with Crippen LogP contribution in [0.15, 0.2) is 53.4 Å². The minimum atomic E-state index is -5.08. The van der Waals surface area contributed by atoms with Crippen molar-refractivity contribution >= 4 is 27.9 Å². The molecule has 0 aromatic heterocycles. The van der Waals surface area contributed by atoms with E-state index in [4.69, 9.17) is 30.6 Å². The van der Waals surface area contributed by atoms with Gasteiger partial charge in [-0.25, -0.2) is 23.1 Å². The van der Waals surface area contributed by atoms with Crippen LogP contribution in [0.3, 0.4) is 0 Å². The number of ether oxygens (including phenoxy) is 1. The first-order chi connectivity index (χ1) is 17.6. The van der Waals surface area contributed by atoms with Gasteiger partial charge in [0.05, 0.1) is 13.2 Å². The summed E-state index contributed by atoms with van der Waals surface area (Å²) in [5.41, 5.74) is 7.80. The highest BCUT2D eigenvalue weighted by atomic mass is 32.2. The minimum Gasteiger partial charge on any atom is -0.494 e. The summed E-state index contributed by atoms with van der Waals surface area (Å²) in [6.45, 7) is 0.610. The summed E-state index contributed by atoms with van der Waals surface area (Å²) in [4.78, 5) is 24.7. The quantitative estimate of drug-likeness (QED) is 0.0718. The zero-order valence-corrected chi connectivity index (χ0v) is 20.2. The SMILES string of the molecule is N=C(N)NOCCCOc1ccc(C[C@H](NS(=O)(=O)c2ccccc2F)C(=O)O)cc1.O=C(O)C(F)(F)F. The van der Waals surface area contributed by atoms with E-state index in [9.17, 15) is 35.9 Å². The van der Waals surface area contributed by atoms with Crippen LogP contribution in [0.1, 0.15) is 12.0 Å². The fourth-order valence-electron chi connectivity index (χ4n) is 2.50. The van der Waals surface area contributed by atoms with Crippen LogP contribution in [0.2, 0.25) is 0 Å². The predicted octanol–water partition coefficient (Wildman–Crippen LogP) is 1.62. The van der Waals surface area contributed by atoms with Crippen LogP contribution in [-0.4, -0.2) is 62.0 Å². The van der Waals surface area contributed by atoms with Crippen LogP contribution in [0.25, 0.3) is 0 Å². The van der Waals surface area contributed by atoms with Gasteiger partial charge in [0.1, 0.15) is 22.5 Å². The van der Waals surface area contributed by atoms with Gasteiger partial charge >= 0.3 is 18.1 Å². The van der Waals surface area contributed by atoms with Crippen molar-refractivity contribution in [3.8, 4) is 5.75 Å². The second kappa shape index (κ2) is 14.7. The molecule has 0 amide bonds. The first kappa shape index (κ1) is 32.1. The number of nitrogens with two attached hydrogens (primary N) is 1. The second-order valence-electron chi connectivity index (χ2n) is 7.16. The lowest BCUT2D eigenvalue weighted by molar-refractivity contribution is -0.192. The van der Waals surface area contributed by atoms with E-state index < -0.39 is 44.9 Å². The van der Waals surface area contributed by atoms with E-state index in [1.807, 2.05) is 4.72 Å². The Morgan fingerprint density at radius 2 is 1.63 bits per heavy atom. The average Bonchev–Trinajstić information content (AvgIpc) is 2.81. The molecule has 2 aromatic carbocycles. The number of aliphatic carboxylic acids is 2. The van der Waals surface area contributed by atoms with E-state index in [1.165, 1.54) is 12.1 Å². The van der Waals surface area contributed by atoms with Gasteiger partial charge in [0.2, 0.25) is 16.0 Å². The number of rotatable bonds is 12. The van der Waals surface area contributed by atoms with Crippen molar-refractivity contribution in [2.75, 3.05) is 13.2 Å². The summed E-state index contributed by atoms with van der Waals surface area (Å²) in [6.07, 6.45) is -4.70. The number of hydroxylamine groups is 1. The van der Waals surface area contributed by atoms with Gasteiger partial charge in [-0.3, -0.25) is 15.0 Å². The Morgan fingerprint density at radius 1 is 1.05 bits per heavy atom. The number of nitrogens with one attached hydrogen (secondary N) is 3. The first-order valence-corrected chi connectivity index (χ1v) is 11.8. The van der Waals surface area contributed by atoms with Crippen molar-refractivity contribution < 1.29 is 55.4 Å². The Hall–Kier alpha value is -3.96. The molecular weight excluding hydrogens is 544 g/mol. The van der Waals surface area contributed by atoms with Crippen molar-refractivity contribution in [2.45, 2.75) is 30.0 Å². The number of guanidine groups is 1. The molecule has 38 heavy (non-hydrogen) atoms. The molecular formula is C21H24F4N4O8S. The molecule has 0 radical (unpaired) electrons. The van der Waals surface area contributed by atoms with Crippen molar-refractivity contribution in [1.82, 2.24) is 10.2 Å². The lowest BCUT2D eigenvalue weighted by Gasteiger charge is -2.15. The van der Waals surface area contributed by atoms with Crippen LogP contribution in [0.4, 0.5) is 17.6 Å². The molecule has 0 bridgehead atoms. The molecule has 1 atom stereocenters. The smallest absolute Gasteiger partial charge is 0.490 e. The van der Waals surface area contributed by atoms with E-state index in [2.05, 4.69) is 5.48 Å². The first-order valence-electron chi connectivity index (χ1n) is 10.4. The highest BCUT2D eigenvalue weighted by Crippen LogP contribution is 2.17. The van der Waals surface area contributed by atoms with Gasteiger partial charge in [0.25, 0.3) is 0 Å². The van der Waals surface area contributed by atoms with Crippen molar-refractivity contribution in [3.63, 3.8) is 0 Å². The number of hydrogen-bond donors (Lipinski definition) is 6. The molecule has 2 aromatic rings. The third-order valence-corrected chi connectivity index (χ3v) is 5.67. The maximum absolute atomic E-state index is 13.8. The van der Waals surface area contributed by atoms with Crippen LogP contribution < -0.4 is 20.7 Å². The van der Waals surface area contributed by atoms with Gasteiger partial charge in [-0.15, -0.1) is 0 Å². The maximum atomic E-state index is 13.8. The molecule has 0 fully saturated rings. The number of sulfonamides is 1. The number of alkyl halides is 3. The molecule has 0 spiro atoms. The van der Waals surface area contributed by atoms with Gasteiger partial charge in [-0.2, -0.15) is 17.9 Å². The summed E-state index contributed by atoms with van der Waals surface area (Å²) >= 11 is 0. The number of carboxylic acid groups (broad SMARTS) is 2. The standard InChI is InChI=1S/C19H23FN4O6S.C2HF3O2/c20-15-4-1-2-5-17(15)31(27,28)24-16(18(25)26)12-13-6-8-14(9-7-13)29-10-3-11-30-23-19(21)22;3-2(4,5)1(6)7/h1-2,4-9,16,24H,3,10-12H2,(H,25,26)(H4,21,22,23);(H,6,7)/t16-;/m0./s1. The number of halogens is 4. The van der Waals surface area contributed by atoms with E-state index in [1.54, 1.807) is 24.3 Å². The molecule has 7 N–H and O–H groups in total. The topological polar surface area (TPSA) is 201 Å². The summed E-state index contributed by atoms with van der Waals surface area (Å²) in [5.74, 6) is -4.88. The fourth-order valence-corrected chi connectivity index (χ4v) is 3.77. The van der Waals surface area contributed by atoms with Gasteiger partial charge in [0, 0.05) is 6.42 Å². The molecule has 0 heterocycles. The van der Waals surface area contributed by atoms with Crippen molar-refractivity contribution in [3.05, 3.63) is 59.9 Å². The van der Waals surface area contributed by atoms with E-state index >= 15 is 0 Å². The lowest BCUT2D eigenvalue weighted by Crippen LogP contribution is -2.42. The second-order valence-corrected chi connectivity index (χ2v) is 8.84. The molecule has 210 valence electrons. The molecule has 0 unspecified atom stereocenters. The highest BCUT2D eigenvalue weighted by Gasteiger charge is 2.38. The Balaban J connectivity index is 0.000000905. The number of carboxylic acids is 2. The Labute approximate surface area is 213 Å². The summed E-state index contributed by atoms with van der Waals surface area (Å²) in [7, 11) is -4.36. The fraction of sp³-hybridized carbons (Fsp3) is 0.286. The van der Waals surface area contributed by atoms with Gasteiger partial charge < -0.3 is 20.7 Å². The number of benzene rings is 2. The molecule has 0 saturated carbocycles. The molecule has 2 rings (SSSR count). The van der Waals surface area contributed by atoms with E-state index in [0.29, 0.717) is 24.3 Å². The molecule has 17 heteroatoms.